The van der Waals surface area contributed by atoms with Gasteiger partial charge in [0.05, 0.1) is 12.2 Å². The Balaban J connectivity index is 1.56. The first-order chi connectivity index (χ1) is 15.2. The molecule has 0 saturated carbocycles. The van der Waals surface area contributed by atoms with Gasteiger partial charge in [0.1, 0.15) is 23.3 Å². The fourth-order valence-corrected chi connectivity index (χ4v) is 2.88. The van der Waals surface area contributed by atoms with Crippen LogP contribution in [0.2, 0.25) is 0 Å². The number of hydrogen-bond acceptors (Lipinski definition) is 8. The Bertz CT molecular complexity index is 1110. The molecular formula is C22H21FN8. The molecule has 156 valence electrons. The van der Waals surface area contributed by atoms with Crippen LogP contribution in [-0.4, -0.2) is 24.9 Å². The molecule has 0 radical (unpaired) electrons. The second-order valence-electron chi connectivity index (χ2n) is 6.81. The van der Waals surface area contributed by atoms with Crippen LogP contribution in [0, 0.1) is 5.82 Å². The first-order valence-electron chi connectivity index (χ1n) is 9.72. The Hall–Kier alpha value is -4.14. The Morgan fingerprint density at radius 2 is 1.71 bits per heavy atom. The van der Waals surface area contributed by atoms with Crippen LogP contribution >= 0.6 is 0 Å². The van der Waals surface area contributed by atoms with Crippen molar-refractivity contribution >= 4 is 23.4 Å². The topological polar surface area (TPSA) is 101 Å². The summed E-state index contributed by atoms with van der Waals surface area (Å²) < 4.78 is 13.2. The molecule has 0 aliphatic rings. The van der Waals surface area contributed by atoms with E-state index >= 15 is 0 Å². The normalized spacial score (nSPS) is 11.5. The molecule has 0 spiro atoms. The van der Waals surface area contributed by atoms with E-state index in [9.17, 15) is 4.39 Å². The Kier molecular flexibility index (Phi) is 6.22. The van der Waals surface area contributed by atoms with E-state index in [1.165, 1.54) is 12.1 Å². The van der Waals surface area contributed by atoms with Crippen LogP contribution < -0.4 is 16.0 Å². The lowest BCUT2D eigenvalue weighted by atomic mass is 10.1. The second-order valence-corrected chi connectivity index (χ2v) is 6.81. The van der Waals surface area contributed by atoms with Gasteiger partial charge in [-0.1, -0.05) is 18.2 Å². The predicted molar refractivity (Wildman–Crippen MR) is 117 cm³/mol. The van der Waals surface area contributed by atoms with Crippen molar-refractivity contribution in [3.05, 3.63) is 90.4 Å². The van der Waals surface area contributed by atoms with E-state index in [4.69, 9.17) is 0 Å². The summed E-state index contributed by atoms with van der Waals surface area (Å²) in [4.78, 5) is 21.5. The van der Waals surface area contributed by atoms with Gasteiger partial charge in [-0.25, -0.2) is 9.37 Å². The molecule has 0 unspecified atom stereocenters. The summed E-state index contributed by atoms with van der Waals surface area (Å²) in [6, 6.07) is 11.9. The van der Waals surface area contributed by atoms with Crippen molar-refractivity contribution < 1.29 is 4.39 Å². The third-order valence-electron chi connectivity index (χ3n) is 4.46. The van der Waals surface area contributed by atoms with Gasteiger partial charge in [-0.3, -0.25) is 9.97 Å². The van der Waals surface area contributed by atoms with Crippen LogP contribution in [0.25, 0.3) is 0 Å². The van der Waals surface area contributed by atoms with E-state index in [0.29, 0.717) is 29.9 Å². The minimum atomic E-state index is -0.274. The molecule has 4 aromatic rings. The number of benzene rings is 1. The summed E-state index contributed by atoms with van der Waals surface area (Å²) in [5.74, 6) is 1.89. The van der Waals surface area contributed by atoms with Crippen molar-refractivity contribution in [1.82, 2.24) is 24.9 Å². The van der Waals surface area contributed by atoms with Gasteiger partial charge < -0.3 is 16.0 Å². The summed E-state index contributed by atoms with van der Waals surface area (Å²) in [7, 11) is 0. The number of nitrogens with one attached hydrogen (secondary N) is 3. The number of nitrogens with zero attached hydrogens (tertiary/aromatic N) is 5. The molecule has 4 rings (SSSR count). The maximum atomic E-state index is 13.2. The van der Waals surface area contributed by atoms with E-state index in [2.05, 4.69) is 40.9 Å². The molecule has 9 heteroatoms. The fraction of sp³-hybridized carbons (Fsp3) is 0.136. The van der Waals surface area contributed by atoms with E-state index in [1.54, 1.807) is 49.2 Å². The standard InChI is InChI=1S/C22H21FN8/c1-15(17-4-6-18(23)7-5-17)28-22-30-19(27-13-16-3-2-8-24-12-16)11-20(31-22)29-21-14-25-9-10-26-21/h2-12,14-15H,13H2,1H3,(H3,26,27,28,29,30,31)/t15-/m0/s1. The molecule has 3 heterocycles. The van der Waals surface area contributed by atoms with Gasteiger partial charge in [-0.15, -0.1) is 0 Å². The molecule has 0 aliphatic carbocycles. The average molecular weight is 416 g/mol. The zero-order valence-corrected chi connectivity index (χ0v) is 16.8. The van der Waals surface area contributed by atoms with Crippen molar-refractivity contribution in [2.45, 2.75) is 19.5 Å². The number of hydrogen-bond donors (Lipinski definition) is 3. The van der Waals surface area contributed by atoms with Crippen molar-refractivity contribution in [2.75, 3.05) is 16.0 Å². The highest BCUT2D eigenvalue weighted by Crippen LogP contribution is 2.22. The lowest BCUT2D eigenvalue weighted by molar-refractivity contribution is 0.626. The summed E-state index contributed by atoms with van der Waals surface area (Å²) in [6.07, 6.45) is 8.34. The van der Waals surface area contributed by atoms with Crippen LogP contribution in [0.15, 0.2) is 73.4 Å². The third kappa shape index (κ3) is 5.69. The van der Waals surface area contributed by atoms with E-state index in [1.807, 2.05) is 19.1 Å². The van der Waals surface area contributed by atoms with Gasteiger partial charge in [0, 0.05) is 37.4 Å². The third-order valence-corrected chi connectivity index (χ3v) is 4.46. The average Bonchev–Trinajstić information content (AvgIpc) is 2.79. The summed E-state index contributed by atoms with van der Waals surface area (Å²) in [5.41, 5.74) is 1.95. The van der Waals surface area contributed by atoms with E-state index in [0.717, 1.165) is 11.1 Å². The van der Waals surface area contributed by atoms with Crippen LogP contribution in [0.3, 0.4) is 0 Å². The van der Waals surface area contributed by atoms with Gasteiger partial charge in [-0.05, 0) is 36.2 Å². The van der Waals surface area contributed by atoms with Crippen molar-refractivity contribution in [1.29, 1.82) is 0 Å². The van der Waals surface area contributed by atoms with Crippen molar-refractivity contribution in [2.24, 2.45) is 0 Å². The molecule has 31 heavy (non-hydrogen) atoms. The molecule has 0 saturated heterocycles. The number of aromatic nitrogens is 5. The number of rotatable bonds is 8. The predicted octanol–water partition coefficient (Wildman–Crippen LogP) is 4.33. The Morgan fingerprint density at radius 1 is 0.903 bits per heavy atom. The molecule has 0 bridgehead atoms. The largest absolute Gasteiger partial charge is 0.366 e. The highest BCUT2D eigenvalue weighted by Gasteiger charge is 2.11. The minimum absolute atomic E-state index is 0.126. The Morgan fingerprint density at radius 3 is 2.45 bits per heavy atom. The molecule has 8 nitrogen and oxygen atoms in total. The van der Waals surface area contributed by atoms with E-state index in [-0.39, 0.29) is 11.9 Å². The van der Waals surface area contributed by atoms with Gasteiger partial charge in [0.15, 0.2) is 0 Å². The van der Waals surface area contributed by atoms with E-state index < -0.39 is 0 Å². The van der Waals surface area contributed by atoms with Gasteiger partial charge >= 0.3 is 0 Å². The number of anilines is 4. The summed E-state index contributed by atoms with van der Waals surface area (Å²) >= 11 is 0. The molecule has 0 amide bonds. The van der Waals surface area contributed by atoms with Crippen LogP contribution in [0.1, 0.15) is 24.1 Å². The fourth-order valence-electron chi connectivity index (χ4n) is 2.88. The molecule has 1 aromatic carbocycles. The summed E-state index contributed by atoms with van der Waals surface area (Å²) in [5, 5.41) is 9.70. The lowest BCUT2D eigenvalue weighted by Gasteiger charge is -2.16. The molecule has 0 aliphatic heterocycles. The molecule has 0 fully saturated rings. The highest BCUT2D eigenvalue weighted by molar-refractivity contribution is 5.58. The second kappa shape index (κ2) is 9.57. The quantitative estimate of drug-likeness (QED) is 0.390. The molecular weight excluding hydrogens is 395 g/mol. The maximum absolute atomic E-state index is 13.2. The molecule has 3 N–H and O–H groups in total. The first kappa shape index (κ1) is 20.1. The van der Waals surface area contributed by atoms with Crippen molar-refractivity contribution in [3.8, 4) is 0 Å². The molecule has 3 aromatic heterocycles. The van der Waals surface area contributed by atoms with Crippen LogP contribution in [0.5, 0.6) is 0 Å². The van der Waals surface area contributed by atoms with Crippen LogP contribution in [-0.2, 0) is 6.54 Å². The monoisotopic (exact) mass is 416 g/mol. The zero-order valence-electron chi connectivity index (χ0n) is 16.8. The SMILES string of the molecule is C[C@H](Nc1nc(NCc2cccnc2)cc(Nc2cnccn2)n1)c1ccc(F)cc1. The van der Waals surface area contributed by atoms with Crippen LogP contribution in [0.4, 0.5) is 27.8 Å². The maximum Gasteiger partial charge on any atom is 0.227 e. The highest BCUT2D eigenvalue weighted by atomic mass is 19.1. The first-order valence-corrected chi connectivity index (χ1v) is 9.72. The van der Waals surface area contributed by atoms with Crippen molar-refractivity contribution in [3.63, 3.8) is 0 Å². The zero-order chi connectivity index (χ0) is 21.5. The van der Waals surface area contributed by atoms with Gasteiger partial charge in [0.2, 0.25) is 5.95 Å². The molecule has 1 atom stereocenters. The number of pyridine rings is 1. The minimum Gasteiger partial charge on any atom is -0.366 e. The number of halogens is 1. The summed E-state index contributed by atoms with van der Waals surface area (Å²) in [6.45, 7) is 2.52. The lowest BCUT2D eigenvalue weighted by Crippen LogP contribution is -2.12. The smallest absolute Gasteiger partial charge is 0.227 e. The van der Waals surface area contributed by atoms with Gasteiger partial charge in [-0.2, -0.15) is 9.97 Å². The van der Waals surface area contributed by atoms with Gasteiger partial charge in [0.25, 0.3) is 0 Å². The Labute approximate surface area is 179 Å².